The standard InChI is InChI=1S/C14H22N2O2/c1-3-6-11(2)9-16(10-14(17)18)13-8-5-4-7-12(13)15/h4-5,7-8,11H,3,6,9-10,15H2,1-2H3,(H,17,18). The van der Waals surface area contributed by atoms with Crippen LogP contribution in [0.1, 0.15) is 26.7 Å². The predicted molar refractivity (Wildman–Crippen MR) is 74.8 cm³/mol. The first-order chi connectivity index (χ1) is 8.54. The van der Waals surface area contributed by atoms with Gasteiger partial charge in [-0.15, -0.1) is 0 Å². The van der Waals surface area contributed by atoms with Crippen LogP contribution in [0.4, 0.5) is 11.4 Å². The van der Waals surface area contributed by atoms with E-state index < -0.39 is 5.97 Å². The van der Waals surface area contributed by atoms with E-state index in [2.05, 4.69) is 13.8 Å². The molecule has 0 aliphatic heterocycles. The van der Waals surface area contributed by atoms with Gasteiger partial charge in [-0.05, 0) is 24.5 Å². The Morgan fingerprint density at radius 1 is 1.44 bits per heavy atom. The van der Waals surface area contributed by atoms with Crippen molar-refractivity contribution in [3.8, 4) is 0 Å². The predicted octanol–water partition coefficient (Wildman–Crippen LogP) is 2.60. The fraction of sp³-hybridized carbons (Fsp3) is 0.500. The number of carboxylic acids is 1. The molecule has 1 atom stereocenters. The first-order valence-electron chi connectivity index (χ1n) is 6.35. The molecule has 100 valence electrons. The highest BCUT2D eigenvalue weighted by Crippen LogP contribution is 2.24. The summed E-state index contributed by atoms with van der Waals surface area (Å²) in [6.45, 7) is 4.98. The number of hydrogen-bond donors (Lipinski definition) is 2. The van der Waals surface area contributed by atoms with Crippen molar-refractivity contribution in [1.29, 1.82) is 0 Å². The third kappa shape index (κ3) is 4.28. The summed E-state index contributed by atoms with van der Waals surface area (Å²) < 4.78 is 0. The fourth-order valence-corrected chi connectivity index (χ4v) is 2.15. The molecule has 1 aromatic rings. The number of nitrogens with two attached hydrogens (primary N) is 1. The summed E-state index contributed by atoms with van der Waals surface area (Å²) in [5.41, 5.74) is 7.35. The molecule has 0 aromatic heterocycles. The van der Waals surface area contributed by atoms with Gasteiger partial charge in [0.2, 0.25) is 0 Å². The summed E-state index contributed by atoms with van der Waals surface area (Å²) in [6, 6.07) is 7.41. The molecular formula is C14H22N2O2. The van der Waals surface area contributed by atoms with Crippen LogP contribution >= 0.6 is 0 Å². The monoisotopic (exact) mass is 250 g/mol. The number of para-hydroxylation sites is 2. The van der Waals surface area contributed by atoms with Crippen molar-refractivity contribution in [3.05, 3.63) is 24.3 Å². The van der Waals surface area contributed by atoms with Gasteiger partial charge in [-0.2, -0.15) is 0 Å². The van der Waals surface area contributed by atoms with E-state index in [4.69, 9.17) is 10.8 Å². The summed E-state index contributed by atoms with van der Waals surface area (Å²) in [5.74, 6) is -0.379. The zero-order chi connectivity index (χ0) is 13.5. The maximum atomic E-state index is 11.0. The molecule has 4 heteroatoms. The summed E-state index contributed by atoms with van der Waals surface area (Å²) in [6.07, 6.45) is 2.19. The number of benzene rings is 1. The van der Waals surface area contributed by atoms with Crippen LogP contribution in [0, 0.1) is 5.92 Å². The summed E-state index contributed by atoms with van der Waals surface area (Å²) in [4.78, 5) is 12.8. The van der Waals surface area contributed by atoms with Gasteiger partial charge in [0, 0.05) is 6.54 Å². The highest BCUT2D eigenvalue weighted by Gasteiger charge is 2.15. The molecule has 3 N–H and O–H groups in total. The first-order valence-corrected chi connectivity index (χ1v) is 6.35. The average Bonchev–Trinajstić information content (AvgIpc) is 2.28. The molecule has 0 aliphatic carbocycles. The van der Waals surface area contributed by atoms with E-state index in [1.165, 1.54) is 0 Å². The SMILES string of the molecule is CCCC(C)CN(CC(=O)O)c1ccccc1N. The lowest BCUT2D eigenvalue weighted by Crippen LogP contribution is -2.34. The van der Waals surface area contributed by atoms with Crippen LogP contribution in [0.5, 0.6) is 0 Å². The Labute approximate surface area is 108 Å². The summed E-state index contributed by atoms with van der Waals surface area (Å²) in [5, 5.41) is 9.00. The molecule has 0 amide bonds. The lowest BCUT2D eigenvalue weighted by Gasteiger charge is -2.27. The molecule has 0 saturated heterocycles. The van der Waals surface area contributed by atoms with E-state index in [9.17, 15) is 4.79 Å². The molecule has 18 heavy (non-hydrogen) atoms. The van der Waals surface area contributed by atoms with Crippen molar-refractivity contribution < 1.29 is 9.90 Å². The second-order valence-corrected chi connectivity index (χ2v) is 4.73. The molecule has 1 unspecified atom stereocenters. The fourth-order valence-electron chi connectivity index (χ4n) is 2.15. The number of carboxylic acid groups (broad SMARTS) is 1. The Morgan fingerprint density at radius 2 is 2.11 bits per heavy atom. The van der Waals surface area contributed by atoms with Gasteiger partial charge in [0.15, 0.2) is 0 Å². The Kier molecular flexibility index (Phi) is 5.49. The molecule has 0 spiro atoms. The molecule has 0 fully saturated rings. The Hall–Kier alpha value is -1.71. The van der Waals surface area contributed by atoms with Gasteiger partial charge in [-0.1, -0.05) is 32.4 Å². The van der Waals surface area contributed by atoms with Crippen molar-refractivity contribution in [2.45, 2.75) is 26.7 Å². The molecule has 1 aromatic carbocycles. The van der Waals surface area contributed by atoms with E-state index in [0.29, 0.717) is 18.2 Å². The minimum Gasteiger partial charge on any atom is -0.480 e. The van der Waals surface area contributed by atoms with Gasteiger partial charge < -0.3 is 15.7 Å². The van der Waals surface area contributed by atoms with Gasteiger partial charge in [0.1, 0.15) is 6.54 Å². The molecule has 0 radical (unpaired) electrons. The van der Waals surface area contributed by atoms with Crippen LogP contribution < -0.4 is 10.6 Å². The van der Waals surface area contributed by atoms with E-state index >= 15 is 0 Å². The van der Waals surface area contributed by atoms with Crippen molar-refractivity contribution in [2.24, 2.45) is 5.92 Å². The van der Waals surface area contributed by atoms with Crippen LogP contribution in [-0.2, 0) is 4.79 Å². The minimum atomic E-state index is -0.832. The third-order valence-electron chi connectivity index (χ3n) is 2.92. The number of carbonyl (C=O) groups is 1. The van der Waals surface area contributed by atoms with Crippen molar-refractivity contribution in [1.82, 2.24) is 0 Å². The van der Waals surface area contributed by atoms with Crippen molar-refractivity contribution >= 4 is 17.3 Å². The lowest BCUT2D eigenvalue weighted by atomic mass is 10.1. The molecule has 0 aliphatic rings. The topological polar surface area (TPSA) is 66.6 Å². The van der Waals surface area contributed by atoms with Crippen LogP contribution in [0.15, 0.2) is 24.3 Å². The maximum absolute atomic E-state index is 11.0. The lowest BCUT2D eigenvalue weighted by molar-refractivity contribution is -0.135. The van der Waals surface area contributed by atoms with Gasteiger partial charge in [-0.3, -0.25) is 4.79 Å². The largest absolute Gasteiger partial charge is 0.480 e. The summed E-state index contributed by atoms with van der Waals surface area (Å²) >= 11 is 0. The van der Waals surface area contributed by atoms with Crippen molar-refractivity contribution in [2.75, 3.05) is 23.7 Å². The first kappa shape index (κ1) is 14.4. The van der Waals surface area contributed by atoms with Gasteiger partial charge >= 0.3 is 5.97 Å². The molecule has 0 heterocycles. The Morgan fingerprint density at radius 3 is 2.67 bits per heavy atom. The maximum Gasteiger partial charge on any atom is 0.323 e. The quantitative estimate of drug-likeness (QED) is 0.730. The minimum absolute atomic E-state index is 0.0116. The smallest absolute Gasteiger partial charge is 0.323 e. The second-order valence-electron chi connectivity index (χ2n) is 4.73. The van der Waals surface area contributed by atoms with Gasteiger partial charge in [-0.25, -0.2) is 0 Å². The highest BCUT2D eigenvalue weighted by atomic mass is 16.4. The molecule has 0 saturated carbocycles. The Balaban J connectivity index is 2.84. The van der Waals surface area contributed by atoms with Gasteiger partial charge in [0.25, 0.3) is 0 Å². The number of rotatable bonds is 7. The molecule has 4 nitrogen and oxygen atoms in total. The van der Waals surface area contributed by atoms with Gasteiger partial charge in [0.05, 0.1) is 11.4 Å². The second kappa shape index (κ2) is 6.89. The normalized spacial score (nSPS) is 12.1. The van der Waals surface area contributed by atoms with E-state index in [1.54, 1.807) is 6.07 Å². The van der Waals surface area contributed by atoms with E-state index in [1.807, 2.05) is 23.1 Å². The Bertz CT molecular complexity index is 393. The summed E-state index contributed by atoms with van der Waals surface area (Å²) in [7, 11) is 0. The number of anilines is 2. The van der Waals surface area contributed by atoms with E-state index in [0.717, 1.165) is 18.5 Å². The molecule has 0 bridgehead atoms. The van der Waals surface area contributed by atoms with Crippen molar-refractivity contribution in [3.63, 3.8) is 0 Å². The number of aliphatic carboxylic acids is 1. The van der Waals surface area contributed by atoms with E-state index in [-0.39, 0.29) is 6.54 Å². The molecular weight excluding hydrogens is 228 g/mol. The van der Waals surface area contributed by atoms with Crippen LogP contribution in [-0.4, -0.2) is 24.2 Å². The van der Waals surface area contributed by atoms with Crippen LogP contribution in [0.25, 0.3) is 0 Å². The van der Waals surface area contributed by atoms with Crippen LogP contribution in [0.3, 0.4) is 0 Å². The van der Waals surface area contributed by atoms with Crippen LogP contribution in [0.2, 0.25) is 0 Å². The third-order valence-corrected chi connectivity index (χ3v) is 2.92. The number of nitrogen functional groups attached to an aromatic ring is 1. The average molecular weight is 250 g/mol. The number of nitrogens with zero attached hydrogens (tertiary/aromatic N) is 1. The molecule has 1 rings (SSSR count). The number of hydrogen-bond acceptors (Lipinski definition) is 3. The zero-order valence-corrected chi connectivity index (χ0v) is 11.1. The highest BCUT2D eigenvalue weighted by molar-refractivity contribution is 5.77. The zero-order valence-electron chi connectivity index (χ0n) is 11.1.